The molecular weight excluding hydrogens is 235 g/mol. The molecule has 0 aromatic heterocycles. The first-order valence-electron chi connectivity index (χ1n) is 5.99. The van der Waals surface area contributed by atoms with E-state index in [0.29, 0.717) is 13.2 Å². The normalized spacial score (nSPS) is 13.6. The summed E-state index contributed by atoms with van der Waals surface area (Å²) in [6, 6.07) is 7.90. The SMILES string of the molecule is CCOP(=O)(OCC)C(C)c1ccccc1C. The molecule has 1 aromatic rings. The fourth-order valence-corrected chi connectivity index (χ4v) is 3.72. The Morgan fingerprint density at radius 2 is 1.71 bits per heavy atom. The molecule has 0 saturated heterocycles. The minimum absolute atomic E-state index is 0.233. The Labute approximate surface area is 104 Å². The molecule has 3 nitrogen and oxygen atoms in total. The van der Waals surface area contributed by atoms with Crippen LogP contribution in [0.2, 0.25) is 0 Å². The molecule has 0 spiro atoms. The van der Waals surface area contributed by atoms with Gasteiger partial charge in [-0.2, -0.15) is 0 Å². The minimum Gasteiger partial charge on any atom is -0.308 e. The van der Waals surface area contributed by atoms with E-state index < -0.39 is 7.60 Å². The van der Waals surface area contributed by atoms with Gasteiger partial charge >= 0.3 is 7.60 Å². The van der Waals surface area contributed by atoms with Gasteiger partial charge in [0.1, 0.15) is 0 Å². The average Bonchev–Trinajstić information content (AvgIpc) is 2.29. The Kier molecular flexibility index (Phi) is 5.38. The van der Waals surface area contributed by atoms with E-state index in [1.165, 1.54) is 0 Å². The molecular formula is C13H21O3P. The number of aryl methyl sites for hydroxylation is 1. The molecule has 1 atom stereocenters. The van der Waals surface area contributed by atoms with Crippen molar-refractivity contribution in [2.24, 2.45) is 0 Å². The molecule has 0 saturated carbocycles. The maximum Gasteiger partial charge on any atom is 0.337 e. The quantitative estimate of drug-likeness (QED) is 0.711. The van der Waals surface area contributed by atoms with Gasteiger partial charge in [0, 0.05) is 0 Å². The van der Waals surface area contributed by atoms with Crippen molar-refractivity contribution in [3.63, 3.8) is 0 Å². The monoisotopic (exact) mass is 256 g/mol. The highest BCUT2D eigenvalue weighted by molar-refractivity contribution is 7.54. The zero-order valence-electron chi connectivity index (χ0n) is 11.0. The van der Waals surface area contributed by atoms with Gasteiger partial charge in [0.15, 0.2) is 0 Å². The third-order valence-corrected chi connectivity index (χ3v) is 5.19. The molecule has 0 aliphatic heterocycles. The summed E-state index contributed by atoms with van der Waals surface area (Å²) in [5.74, 6) is 0. The third-order valence-electron chi connectivity index (χ3n) is 2.73. The van der Waals surface area contributed by atoms with Crippen molar-refractivity contribution in [1.82, 2.24) is 0 Å². The zero-order chi connectivity index (χ0) is 12.9. The smallest absolute Gasteiger partial charge is 0.308 e. The van der Waals surface area contributed by atoms with Gasteiger partial charge in [-0.15, -0.1) is 0 Å². The van der Waals surface area contributed by atoms with Crippen molar-refractivity contribution in [2.45, 2.75) is 33.4 Å². The second-order valence-corrected chi connectivity index (χ2v) is 6.28. The summed E-state index contributed by atoms with van der Waals surface area (Å²) >= 11 is 0. The maximum absolute atomic E-state index is 12.6. The summed E-state index contributed by atoms with van der Waals surface area (Å²) in [6.45, 7) is 8.36. The fourth-order valence-electron chi connectivity index (χ4n) is 1.85. The Balaban J connectivity index is 3.04. The molecule has 0 fully saturated rings. The number of hydrogen-bond donors (Lipinski definition) is 0. The standard InChI is InChI=1S/C13H21O3P/c1-5-15-17(14,16-6-2)12(4)13-10-8-7-9-11(13)3/h7-10,12H,5-6H2,1-4H3. The van der Waals surface area contributed by atoms with Crippen LogP contribution in [-0.4, -0.2) is 13.2 Å². The Hall–Kier alpha value is -0.630. The Morgan fingerprint density at radius 3 is 2.18 bits per heavy atom. The van der Waals surface area contributed by atoms with Gasteiger partial charge < -0.3 is 9.05 Å². The molecule has 1 aromatic carbocycles. The summed E-state index contributed by atoms with van der Waals surface area (Å²) < 4.78 is 23.4. The predicted octanol–water partition coefficient (Wildman–Crippen LogP) is 4.32. The Morgan fingerprint density at radius 1 is 1.18 bits per heavy atom. The molecule has 0 aliphatic rings. The van der Waals surface area contributed by atoms with Gasteiger partial charge in [-0.05, 0) is 38.8 Å². The molecule has 0 radical (unpaired) electrons. The van der Waals surface area contributed by atoms with Gasteiger partial charge in [0.2, 0.25) is 0 Å². The van der Waals surface area contributed by atoms with Crippen LogP contribution < -0.4 is 0 Å². The van der Waals surface area contributed by atoms with E-state index in [1.807, 2.05) is 52.0 Å². The Bertz CT molecular complexity index is 393. The van der Waals surface area contributed by atoms with Crippen molar-refractivity contribution in [3.8, 4) is 0 Å². The first-order valence-corrected chi connectivity index (χ1v) is 7.60. The van der Waals surface area contributed by atoms with Gasteiger partial charge in [-0.1, -0.05) is 24.3 Å². The molecule has 0 aliphatic carbocycles. The molecule has 17 heavy (non-hydrogen) atoms. The molecule has 96 valence electrons. The van der Waals surface area contributed by atoms with Crippen LogP contribution in [0.15, 0.2) is 24.3 Å². The van der Waals surface area contributed by atoms with E-state index in [4.69, 9.17) is 9.05 Å². The van der Waals surface area contributed by atoms with E-state index in [-0.39, 0.29) is 5.66 Å². The van der Waals surface area contributed by atoms with Crippen molar-refractivity contribution in [2.75, 3.05) is 13.2 Å². The minimum atomic E-state index is -3.06. The van der Waals surface area contributed by atoms with Gasteiger partial charge in [-0.25, -0.2) is 0 Å². The van der Waals surface area contributed by atoms with Crippen LogP contribution in [0.5, 0.6) is 0 Å². The molecule has 0 heterocycles. The lowest BCUT2D eigenvalue weighted by Gasteiger charge is -2.24. The van der Waals surface area contributed by atoms with Crippen molar-refractivity contribution in [1.29, 1.82) is 0 Å². The lowest BCUT2D eigenvalue weighted by atomic mass is 10.1. The topological polar surface area (TPSA) is 35.5 Å². The van der Waals surface area contributed by atoms with E-state index in [0.717, 1.165) is 11.1 Å². The highest BCUT2D eigenvalue weighted by Gasteiger charge is 2.33. The lowest BCUT2D eigenvalue weighted by Crippen LogP contribution is -2.05. The lowest BCUT2D eigenvalue weighted by molar-refractivity contribution is 0.213. The summed E-state index contributed by atoms with van der Waals surface area (Å²) in [5.41, 5.74) is 1.90. The van der Waals surface area contributed by atoms with Gasteiger partial charge in [-0.3, -0.25) is 4.57 Å². The van der Waals surface area contributed by atoms with E-state index in [2.05, 4.69) is 0 Å². The fraction of sp³-hybridized carbons (Fsp3) is 0.538. The van der Waals surface area contributed by atoms with Crippen LogP contribution in [0.4, 0.5) is 0 Å². The van der Waals surface area contributed by atoms with Crippen LogP contribution in [0.25, 0.3) is 0 Å². The molecule has 1 unspecified atom stereocenters. The predicted molar refractivity (Wildman–Crippen MR) is 70.5 cm³/mol. The molecule has 4 heteroatoms. The maximum atomic E-state index is 12.6. The second kappa shape index (κ2) is 6.34. The van der Waals surface area contributed by atoms with E-state index >= 15 is 0 Å². The second-order valence-electron chi connectivity index (χ2n) is 3.91. The average molecular weight is 256 g/mol. The third kappa shape index (κ3) is 3.41. The van der Waals surface area contributed by atoms with Crippen LogP contribution in [0, 0.1) is 6.92 Å². The van der Waals surface area contributed by atoms with E-state index in [9.17, 15) is 4.57 Å². The molecule has 1 rings (SSSR count). The van der Waals surface area contributed by atoms with Crippen LogP contribution >= 0.6 is 7.60 Å². The largest absolute Gasteiger partial charge is 0.337 e. The van der Waals surface area contributed by atoms with Crippen LogP contribution in [0.3, 0.4) is 0 Å². The molecule has 0 bridgehead atoms. The van der Waals surface area contributed by atoms with Crippen molar-refractivity contribution >= 4 is 7.60 Å². The molecule has 0 N–H and O–H groups in total. The summed E-state index contributed by atoms with van der Waals surface area (Å²) in [7, 11) is -3.06. The number of hydrogen-bond acceptors (Lipinski definition) is 3. The van der Waals surface area contributed by atoms with Gasteiger partial charge in [0.25, 0.3) is 0 Å². The van der Waals surface area contributed by atoms with Crippen molar-refractivity contribution < 1.29 is 13.6 Å². The first-order chi connectivity index (χ1) is 8.05. The summed E-state index contributed by atoms with van der Waals surface area (Å²) in [6.07, 6.45) is 0. The van der Waals surface area contributed by atoms with E-state index in [1.54, 1.807) is 0 Å². The van der Waals surface area contributed by atoms with Crippen molar-refractivity contribution in [3.05, 3.63) is 35.4 Å². The first kappa shape index (κ1) is 14.4. The van der Waals surface area contributed by atoms with Gasteiger partial charge in [0.05, 0.1) is 18.9 Å². The summed E-state index contributed by atoms with van der Waals surface area (Å²) in [4.78, 5) is 0. The van der Waals surface area contributed by atoms with Crippen LogP contribution in [-0.2, 0) is 13.6 Å². The van der Waals surface area contributed by atoms with Crippen LogP contribution in [0.1, 0.15) is 37.6 Å². The highest BCUT2D eigenvalue weighted by Crippen LogP contribution is 2.61. The number of rotatable bonds is 6. The number of benzene rings is 1. The summed E-state index contributed by atoms with van der Waals surface area (Å²) in [5, 5.41) is 0. The molecule has 0 amide bonds. The highest BCUT2D eigenvalue weighted by atomic mass is 31.2. The zero-order valence-corrected chi connectivity index (χ0v) is 11.9.